The van der Waals surface area contributed by atoms with Crippen LogP contribution in [-0.2, 0) is 18.5 Å². The van der Waals surface area contributed by atoms with E-state index in [0.29, 0.717) is 29.0 Å². The van der Waals surface area contributed by atoms with Crippen LogP contribution in [-0.4, -0.2) is 79.3 Å². The third-order valence-electron chi connectivity index (χ3n) is 8.02. The Balaban J connectivity index is 1.21. The number of fused-ring (bicyclic) bond motifs is 12. The first-order chi connectivity index (χ1) is 21.4. The molecule has 0 spiro atoms. The molecule has 2 amide bonds. The quantitative estimate of drug-likeness (QED) is 0.155. The molecule has 5 atom stereocenters. The predicted octanol–water partition coefficient (Wildman–Crippen LogP) is 5.38. The number of carbonyl (C=O) groups excluding carboxylic acids is 1. The second-order valence-corrected chi connectivity index (χ2v) is 12.9. The molecule has 2 fully saturated rings. The Hall–Kier alpha value is -3.63. The summed E-state index contributed by atoms with van der Waals surface area (Å²) in [6.45, 7) is 8.82. The van der Waals surface area contributed by atoms with Gasteiger partial charge in [-0.2, -0.15) is 5.26 Å². The molecule has 13 nitrogen and oxygen atoms in total. The third-order valence-corrected chi connectivity index (χ3v) is 10.2. The van der Waals surface area contributed by atoms with Crippen LogP contribution in [0.25, 0.3) is 32.8 Å². The monoisotopic (exact) mass is 616 g/mol. The van der Waals surface area contributed by atoms with Gasteiger partial charge in [0.2, 0.25) is 0 Å². The minimum Gasteiger partial charge on any atom is -0.350 e. The van der Waals surface area contributed by atoms with Gasteiger partial charge in [0.15, 0.2) is 12.0 Å². The number of nitriles is 1. The van der Waals surface area contributed by atoms with Crippen molar-refractivity contribution in [2.24, 2.45) is 0 Å². The van der Waals surface area contributed by atoms with Crippen LogP contribution in [0.1, 0.15) is 52.5 Å². The fourth-order valence-electron chi connectivity index (χ4n) is 6.23. The second-order valence-electron chi connectivity index (χ2n) is 11.5. The zero-order valence-corrected chi connectivity index (χ0v) is 25.8. The molecular weight excluding hydrogens is 583 g/mol. The summed E-state index contributed by atoms with van der Waals surface area (Å²) in [5.74, 6) is 0.349. The van der Waals surface area contributed by atoms with Gasteiger partial charge in [0.25, 0.3) is 8.53 Å². The Kier molecular flexibility index (Phi) is 7.74. The first-order valence-electron chi connectivity index (χ1n) is 14.8. The van der Waals surface area contributed by atoms with E-state index in [4.69, 9.17) is 33.8 Å². The zero-order valence-electron chi connectivity index (χ0n) is 24.9. The molecule has 6 heterocycles. The second kappa shape index (κ2) is 11.7. The van der Waals surface area contributed by atoms with Crippen LogP contribution in [0.5, 0.6) is 0 Å². The Morgan fingerprint density at radius 3 is 2.43 bits per heavy atom. The number of nitrogens with one attached hydrogen (secondary N) is 1. The largest absolute Gasteiger partial charge is 0.350 e. The van der Waals surface area contributed by atoms with E-state index in [-0.39, 0.29) is 43.9 Å². The maximum Gasteiger partial charge on any atom is 0.327 e. The lowest BCUT2D eigenvalue weighted by molar-refractivity contribution is -0.0696. The van der Waals surface area contributed by atoms with Gasteiger partial charge in [-0.05, 0) is 52.0 Å². The molecule has 0 radical (unpaired) electrons. The number of pyridine rings is 2. The Morgan fingerprint density at radius 2 is 1.77 bits per heavy atom. The van der Waals surface area contributed by atoms with E-state index < -0.39 is 27.1 Å². The summed E-state index contributed by atoms with van der Waals surface area (Å²) >= 11 is 0. The van der Waals surface area contributed by atoms with Crippen molar-refractivity contribution in [1.82, 2.24) is 29.5 Å². The number of amides is 2. The van der Waals surface area contributed by atoms with Crippen molar-refractivity contribution in [3.8, 4) is 6.07 Å². The molecule has 7 rings (SSSR count). The van der Waals surface area contributed by atoms with Gasteiger partial charge in [-0.25, -0.2) is 19.4 Å². The number of carbonyl (C=O) groups is 1. The summed E-state index contributed by atoms with van der Waals surface area (Å²) in [7, 11) is -1.49. The number of anilines is 1. The van der Waals surface area contributed by atoms with Crippen molar-refractivity contribution in [2.75, 3.05) is 18.5 Å². The van der Waals surface area contributed by atoms with Crippen molar-refractivity contribution in [2.45, 2.75) is 77.3 Å². The topological polar surface area (TPSA) is 148 Å². The maximum absolute atomic E-state index is 13.6. The number of nitrogens with zero attached hydrogens (tertiary/aromatic N) is 7. The van der Waals surface area contributed by atoms with Crippen molar-refractivity contribution in [3.05, 3.63) is 42.4 Å². The smallest absolute Gasteiger partial charge is 0.327 e. The van der Waals surface area contributed by atoms with Gasteiger partial charge in [-0.1, -0.05) is 0 Å². The molecule has 0 saturated carbocycles. The number of urea groups is 1. The lowest BCUT2D eigenvalue weighted by Crippen LogP contribution is -2.49. The summed E-state index contributed by atoms with van der Waals surface area (Å²) < 4.78 is 27.6. The van der Waals surface area contributed by atoms with E-state index in [1.54, 1.807) is 17.3 Å². The molecule has 2 saturated heterocycles. The minimum atomic E-state index is -1.49. The van der Waals surface area contributed by atoms with Gasteiger partial charge in [0, 0.05) is 41.7 Å². The average molecular weight is 617 g/mol. The zero-order chi connectivity index (χ0) is 30.5. The Bertz CT molecular complexity index is 1780. The summed E-state index contributed by atoms with van der Waals surface area (Å²) in [4.78, 5) is 34.3. The van der Waals surface area contributed by atoms with Gasteiger partial charge < -0.3 is 18.5 Å². The van der Waals surface area contributed by atoms with Crippen molar-refractivity contribution < 1.29 is 23.3 Å². The van der Waals surface area contributed by atoms with Gasteiger partial charge in [0.1, 0.15) is 23.5 Å². The summed E-state index contributed by atoms with van der Waals surface area (Å²) in [5, 5.41) is 13.6. The number of hydrogen-bond donors (Lipinski definition) is 1. The average Bonchev–Trinajstić information content (AvgIpc) is 3.29. The molecule has 3 aliphatic heterocycles. The summed E-state index contributed by atoms with van der Waals surface area (Å²) in [6, 6.07) is 9.66. The normalized spacial score (nSPS) is 23.7. The van der Waals surface area contributed by atoms with Gasteiger partial charge in [0.05, 0.1) is 48.4 Å². The number of rotatable bonds is 8. The van der Waals surface area contributed by atoms with E-state index in [1.165, 1.54) is 0 Å². The molecule has 3 aromatic heterocycles. The lowest BCUT2D eigenvalue weighted by Gasteiger charge is -2.39. The highest BCUT2D eigenvalue weighted by atomic mass is 31.2. The van der Waals surface area contributed by atoms with Crippen molar-refractivity contribution in [1.29, 1.82) is 5.26 Å². The van der Waals surface area contributed by atoms with Crippen LogP contribution in [0.4, 0.5) is 10.6 Å². The predicted molar refractivity (Wildman–Crippen MR) is 163 cm³/mol. The number of hydrogen-bond acceptors (Lipinski definition) is 11. The van der Waals surface area contributed by atoms with E-state index in [2.05, 4.69) is 53.7 Å². The molecule has 1 unspecified atom stereocenters. The van der Waals surface area contributed by atoms with Crippen LogP contribution in [0.3, 0.4) is 0 Å². The third kappa shape index (κ3) is 4.92. The highest BCUT2D eigenvalue weighted by Crippen LogP contribution is 2.51. The first kappa shape index (κ1) is 29.1. The molecule has 0 aliphatic carbocycles. The van der Waals surface area contributed by atoms with E-state index >= 15 is 0 Å². The fraction of sp³-hybridized carbons (Fsp3) is 0.467. The Morgan fingerprint density at radius 1 is 1.09 bits per heavy atom. The highest BCUT2D eigenvalue weighted by molar-refractivity contribution is 7.44. The molecule has 1 aromatic carbocycles. The van der Waals surface area contributed by atoms with Crippen LogP contribution < -0.4 is 5.32 Å². The molecule has 228 valence electrons. The van der Waals surface area contributed by atoms with Crippen molar-refractivity contribution >= 4 is 53.2 Å². The minimum absolute atomic E-state index is 0.158. The molecule has 1 N–H and O–H groups in total. The molecule has 14 heteroatoms. The van der Waals surface area contributed by atoms with Crippen LogP contribution in [0.2, 0.25) is 0 Å². The van der Waals surface area contributed by atoms with Crippen LogP contribution in [0, 0.1) is 11.3 Å². The molecule has 4 aromatic rings. The fourth-order valence-corrected chi connectivity index (χ4v) is 7.99. The standard InChI is InChI=1S/C30H33N8O5P/c1-16(2)38(17(3)4)44(41-13-7-10-31)43-20-14-22-37-29(40-15-21(20)42-22)27-28(36-30(37)39)35-26-19-9-6-12-33-24(19)23-18(25(26)34-27)8-5-11-32-23/h5-6,8-9,11-12,16-17,20-22,29H,7,13-15H2,1-4H3,(H,35,36,39)/t20-,21+,22+,29-,44?/m0/s1. The van der Waals surface area contributed by atoms with Gasteiger partial charge in [-0.15, -0.1) is 0 Å². The van der Waals surface area contributed by atoms with E-state index in [9.17, 15) is 4.79 Å². The highest BCUT2D eigenvalue weighted by Gasteiger charge is 2.51. The number of aromatic nitrogens is 4. The summed E-state index contributed by atoms with van der Waals surface area (Å²) in [5.41, 5.74) is 3.25. The number of benzene rings is 1. The van der Waals surface area contributed by atoms with Crippen molar-refractivity contribution in [3.63, 3.8) is 0 Å². The molecular formula is C30H33N8O5P. The van der Waals surface area contributed by atoms with Crippen LogP contribution >= 0.6 is 8.53 Å². The maximum atomic E-state index is 13.6. The SMILES string of the molecule is CC(C)N(C(C)C)P(OCCC#N)O[C@H]1C[C@H]2O[C@@H]1CO[C@H]1c3nc4c5cccnc5c5ncccc5c4nc3NC(=O)N21. The van der Waals surface area contributed by atoms with Gasteiger partial charge >= 0.3 is 6.03 Å². The Labute approximate surface area is 255 Å². The summed E-state index contributed by atoms with van der Waals surface area (Å²) in [6.07, 6.45) is 1.96. The van der Waals surface area contributed by atoms with E-state index in [1.807, 2.05) is 24.3 Å². The van der Waals surface area contributed by atoms with E-state index in [0.717, 1.165) is 21.8 Å². The van der Waals surface area contributed by atoms with Gasteiger partial charge in [-0.3, -0.25) is 20.2 Å². The lowest BCUT2D eigenvalue weighted by atomic mass is 10.1. The number of ether oxygens (including phenoxy) is 2. The molecule has 44 heavy (non-hydrogen) atoms. The molecule has 2 bridgehead atoms. The molecule has 3 aliphatic rings. The first-order valence-corrected chi connectivity index (χ1v) is 15.9. The van der Waals surface area contributed by atoms with Crippen LogP contribution in [0.15, 0.2) is 36.7 Å².